The van der Waals surface area contributed by atoms with Crippen LogP contribution in [0.4, 0.5) is 13.2 Å². The van der Waals surface area contributed by atoms with Crippen LogP contribution >= 0.6 is 0 Å². The van der Waals surface area contributed by atoms with Gasteiger partial charge < -0.3 is 10.4 Å². The number of alkyl halides is 3. The summed E-state index contributed by atoms with van der Waals surface area (Å²) in [6.07, 6.45) is 1.45. The first-order valence-corrected chi connectivity index (χ1v) is 11.6. The number of carbonyl (C=O) groups excluding carboxylic acids is 1. The van der Waals surface area contributed by atoms with Crippen molar-refractivity contribution in [2.75, 3.05) is 13.6 Å². The average molecular weight is 484 g/mol. The SMILES string of the molecule is CN1CCC[C@H]1C(=O)N[C@@H](Cc1ccc(-c2ccccc2S(=O)(=O)C(F)(F)F)cc1)C(=O)O. The number of hydrogen-bond donors (Lipinski definition) is 2. The van der Waals surface area contributed by atoms with Crippen LogP contribution in [0.3, 0.4) is 0 Å². The van der Waals surface area contributed by atoms with Gasteiger partial charge in [-0.1, -0.05) is 42.5 Å². The quantitative estimate of drug-likeness (QED) is 0.627. The van der Waals surface area contributed by atoms with E-state index in [4.69, 9.17) is 0 Å². The molecule has 7 nitrogen and oxygen atoms in total. The maximum atomic E-state index is 13.1. The van der Waals surface area contributed by atoms with E-state index in [1.807, 2.05) is 4.90 Å². The van der Waals surface area contributed by atoms with Gasteiger partial charge >= 0.3 is 11.5 Å². The van der Waals surface area contributed by atoms with Crippen LogP contribution in [0.25, 0.3) is 11.1 Å². The van der Waals surface area contributed by atoms with Gasteiger partial charge in [0.25, 0.3) is 9.84 Å². The number of rotatable bonds is 7. The first-order valence-electron chi connectivity index (χ1n) is 10.1. The topological polar surface area (TPSA) is 104 Å². The molecule has 0 saturated carbocycles. The number of aliphatic carboxylic acids is 1. The lowest BCUT2D eigenvalue weighted by Crippen LogP contribution is -2.49. The standard InChI is InChI=1S/C22H23F3N2O5S/c1-27-12-4-6-18(27)20(28)26-17(21(29)30)13-14-8-10-15(11-9-14)16-5-2-3-7-19(16)33(31,32)22(23,24)25/h2-3,5,7-11,17-18H,4,6,12-13H2,1H3,(H,26,28)(H,29,30)/t17-,18-/m0/s1. The molecule has 1 amide bonds. The molecule has 0 radical (unpaired) electrons. The second kappa shape index (κ2) is 9.52. The maximum Gasteiger partial charge on any atom is 0.501 e. The molecule has 2 aromatic rings. The molecule has 1 saturated heterocycles. The number of halogens is 3. The van der Waals surface area contributed by atoms with E-state index in [1.54, 1.807) is 7.05 Å². The Labute approximate surface area is 189 Å². The zero-order valence-corrected chi connectivity index (χ0v) is 18.5. The number of carboxylic acids is 1. The summed E-state index contributed by atoms with van der Waals surface area (Å²) >= 11 is 0. The van der Waals surface area contributed by atoms with Gasteiger partial charge in [-0.25, -0.2) is 13.2 Å². The molecule has 2 atom stereocenters. The van der Waals surface area contributed by atoms with E-state index in [-0.39, 0.29) is 29.5 Å². The lowest BCUT2D eigenvalue weighted by Gasteiger charge is -2.22. The van der Waals surface area contributed by atoms with E-state index in [2.05, 4.69) is 5.32 Å². The average Bonchev–Trinajstić information content (AvgIpc) is 3.19. The number of benzene rings is 2. The van der Waals surface area contributed by atoms with Crippen molar-refractivity contribution in [2.45, 2.75) is 41.7 Å². The molecular formula is C22H23F3N2O5S. The summed E-state index contributed by atoms with van der Waals surface area (Å²) < 4.78 is 63.0. The second-order valence-corrected chi connectivity index (χ2v) is 9.79. The molecular weight excluding hydrogens is 461 g/mol. The van der Waals surface area contributed by atoms with Crippen molar-refractivity contribution >= 4 is 21.7 Å². The van der Waals surface area contributed by atoms with Gasteiger partial charge in [0.2, 0.25) is 5.91 Å². The minimum atomic E-state index is -5.55. The number of likely N-dealkylation sites (tertiary alicyclic amines) is 1. The van der Waals surface area contributed by atoms with Gasteiger partial charge in [0.15, 0.2) is 0 Å². The number of hydrogen-bond acceptors (Lipinski definition) is 5. The van der Waals surface area contributed by atoms with Crippen LogP contribution in [0, 0.1) is 0 Å². The number of carbonyl (C=O) groups is 2. The number of carboxylic acid groups (broad SMARTS) is 1. The van der Waals surface area contributed by atoms with Gasteiger partial charge in [-0.15, -0.1) is 0 Å². The van der Waals surface area contributed by atoms with Crippen LogP contribution in [0.1, 0.15) is 18.4 Å². The highest BCUT2D eigenvalue weighted by Crippen LogP contribution is 2.36. The van der Waals surface area contributed by atoms with Crippen molar-refractivity contribution in [3.63, 3.8) is 0 Å². The summed E-state index contributed by atoms with van der Waals surface area (Å²) in [5.74, 6) is -1.58. The van der Waals surface area contributed by atoms with Crippen molar-refractivity contribution in [2.24, 2.45) is 0 Å². The Morgan fingerprint density at radius 1 is 1.15 bits per heavy atom. The highest BCUT2D eigenvalue weighted by atomic mass is 32.2. The molecule has 1 fully saturated rings. The molecule has 2 N–H and O–H groups in total. The zero-order valence-electron chi connectivity index (χ0n) is 17.7. The Kier molecular flexibility index (Phi) is 7.13. The van der Waals surface area contributed by atoms with Crippen molar-refractivity contribution in [3.05, 3.63) is 54.1 Å². The number of nitrogens with zero attached hydrogens (tertiary/aromatic N) is 1. The van der Waals surface area contributed by atoms with Gasteiger partial charge in [-0.2, -0.15) is 13.2 Å². The number of amides is 1. The fourth-order valence-electron chi connectivity index (χ4n) is 3.83. The summed E-state index contributed by atoms with van der Waals surface area (Å²) in [7, 11) is -3.76. The molecule has 178 valence electrons. The molecule has 33 heavy (non-hydrogen) atoms. The van der Waals surface area contributed by atoms with Crippen LogP contribution in [-0.2, 0) is 25.8 Å². The van der Waals surface area contributed by atoms with Gasteiger partial charge in [0, 0.05) is 12.0 Å². The lowest BCUT2D eigenvalue weighted by molar-refractivity contribution is -0.142. The molecule has 1 aliphatic rings. The number of nitrogens with one attached hydrogen (secondary N) is 1. The molecule has 0 aromatic heterocycles. The molecule has 0 unspecified atom stereocenters. The van der Waals surface area contributed by atoms with Crippen molar-refractivity contribution in [1.29, 1.82) is 0 Å². The second-order valence-electron chi connectivity index (χ2n) is 7.88. The molecule has 0 spiro atoms. The van der Waals surface area contributed by atoms with Crippen molar-refractivity contribution < 1.29 is 36.3 Å². The van der Waals surface area contributed by atoms with E-state index in [1.165, 1.54) is 42.5 Å². The lowest BCUT2D eigenvalue weighted by atomic mass is 10.0. The third kappa shape index (κ3) is 5.36. The fourth-order valence-corrected chi connectivity index (χ4v) is 4.81. The van der Waals surface area contributed by atoms with E-state index >= 15 is 0 Å². The van der Waals surface area contributed by atoms with Gasteiger partial charge in [0.05, 0.1) is 10.9 Å². The summed E-state index contributed by atoms with van der Waals surface area (Å²) in [4.78, 5) is 25.1. The minimum absolute atomic E-state index is 0.0414. The summed E-state index contributed by atoms with van der Waals surface area (Å²) in [6.45, 7) is 0.753. The molecule has 0 bridgehead atoms. The maximum absolute atomic E-state index is 13.1. The summed E-state index contributed by atoms with van der Waals surface area (Å²) in [6, 6.07) is 9.06. The molecule has 2 aromatic carbocycles. The fraction of sp³-hybridized carbons (Fsp3) is 0.364. The van der Waals surface area contributed by atoms with E-state index < -0.39 is 32.3 Å². The Morgan fingerprint density at radius 3 is 2.33 bits per heavy atom. The van der Waals surface area contributed by atoms with Crippen LogP contribution < -0.4 is 5.32 Å². The zero-order chi connectivity index (χ0) is 24.4. The Hall–Kier alpha value is -2.92. The van der Waals surface area contributed by atoms with Gasteiger partial charge in [0.1, 0.15) is 6.04 Å². The molecule has 1 heterocycles. The van der Waals surface area contributed by atoms with Gasteiger partial charge in [-0.05, 0) is 43.6 Å². The monoisotopic (exact) mass is 484 g/mol. The number of sulfone groups is 1. The van der Waals surface area contributed by atoms with Crippen molar-refractivity contribution in [1.82, 2.24) is 10.2 Å². The van der Waals surface area contributed by atoms with E-state index in [9.17, 15) is 36.3 Å². The first kappa shape index (κ1) is 24.7. The summed E-state index contributed by atoms with van der Waals surface area (Å²) in [5, 5.41) is 12.1. The molecule has 1 aliphatic heterocycles. The van der Waals surface area contributed by atoms with E-state index in [0.29, 0.717) is 12.0 Å². The molecule has 3 rings (SSSR count). The highest BCUT2D eigenvalue weighted by molar-refractivity contribution is 7.92. The Morgan fingerprint density at radius 2 is 1.79 bits per heavy atom. The Bertz CT molecular complexity index is 1130. The van der Waals surface area contributed by atoms with E-state index in [0.717, 1.165) is 19.0 Å². The Balaban J connectivity index is 1.80. The molecule has 11 heteroatoms. The third-order valence-corrected chi connectivity index (χ3v) is 7.17. The third-order valence-electron chi connectivity index (χ3n) is 5.62. The summed E-state index contributed by atoms with van der Waals surface area (Å²) in [5.41, 5.74) is -4.81. The van der Waals surface area contributed by atoms with Crippen LogP contribution in [-0.4, -0.2) is 61.5 Å². The largest absolute Gasteiger partial charge is 0.501 e. The predicted molar refractivity (Wildman–Crippen MR) is 114 cm³/mol. The molecule has 0 aliphatic carbocycles. The first-order chi connectivity index (χ1) is 15.4. The smallest absolute Gasteiger partial charge is 0.480 e. The predicted octanol–water partition coefficient (Wildman–Crippen LogP) is 2.85. The number of likely N-dealkylation sites (N-methyl/N-ethyl adjacent to an activating group) is 1. The highest BCUT2D eigenvalue weighted by Gasteiger charge is 2.47. The van der Waals surface area contributed by atoms with Crippen LogP contribution in [0.2, 0.25) is 0 Å². The van der Waals surface area contributed by atoms with Crippen LogP contribution in [0.5, 0.6) is 0 Å². The van der Waals surface area contributed by atoms with Crippen LogP contribution in [0.15, 0.2) is 53.4 Å². The van der Waals surface area contributed by atoms with Gasteiger partial charge in [-0.3, -0.25) is 9.69 Å². The normalized spacial score (nSPS) is 18.1. The minimum Gasteiger partial charge on any atom is -0.480 e. The van der Waals surface area contributed by atoms with Crippen molar-refractivity contribution in [3.8, 4) is 11.1 Å².